The minimum atomic E-state index is -0.412. The van der Waals surface area contributed by atoms with Gasteiger partial charge in [-0.25, -0.2) is 0 Å². The van der Waals surface area contributed by atoms with E-state index in [1.54, 1.807) is 16.9 Å². The molecule has 9 heteroatoms. The van der Waals surface area contributed by atoms with E-state index in [1.165, 1.54) is 14.2 Å². The Balaban J connectivity index is 1.71. The molecule has 132 valence electrons. The highest BCUT2D eigenvalue weighted by atomic mass is 16.7. The fourth-order valence-electron chi connectivity index (χ4n) is 1.95. The van der Waals surface area contributed by atoms with Gasteiger partial charge < -0.3 is 24.1 Å². The molecular formula is C15H22N4O5. The first-order chi connectivity index (χ1) is 11.6. The summed E-state index contributed by atoms with van der Waals surface area (Å²) < 4.78 is 22.2. The van der Waals surface area contributed by atoms with E-state index in [0.29, 0.717) is 32.1 Å². The van der Waals surface area contributed by atoms with Gasteiger partial charge in [0, 0.05) is 33.0 Å². The van der Waals surface area contributed by atoms with Crippen LogP contribution in [0.4, 0.5) is 0 Å². The van der Waals surface area contributed by atoms with Gasteiger partial charge in [0.1, 0.15) is 6.54 Å². The molecule has 0 radical (unpaired) electrons. The fourth-order valence-corrected chi connectivity index (χ4v) is 1.95. The van der Waals surface area contributed by atoms with Crippen LogP contribution in [0.5, 0.6) is 0 Å². The molecule has 0 bridgehead atoms. The average molecular weight is 338 g/mol. The topological polar surface area (TPSA) is 101 Å². The van der Waals surface area contributed by atoms with Crippen LogP contribution in [0, 0.1) is 6.92 Å². The molecule has 2 aromatic heterocycles. The van der Waals surface area contributed by atoms with Gasteiger partial charge in [-0.1, -0.05) is 5.16 Å². The second kappa shape index (κ2) is 9.16. The molecule has 0 aliphatic carbocycles. The summed E-state index contributed by atoms with van der Waals surface area (Å²) in [5.74, 6) is 0.239. The third kappa shape index (κ3) is 5.44. The van der Waals surface area contributed by atoms with E-state index in [9.17, 15) is 4.79 Å². The Morgan fingerprint density at radius 2 is 2.21 bits per heavy atom. The first-order valence-electron chi connectivity index (χ1n) is 7.48. The Labute approximate surface area is 139 Å². The van der Waals surface area contributed by atoms with Gasteiger partial charge in [0.25, 0.3) is 5.91 Å². The van der Waals surface area contributed by atoms with Gasteiger partial charge in [-0.3, -0.25) is 9.48 Å². The highest BCUT2D eigenvalue weighted by Gasteiger charge is 2.13. The molecule has 2 rings (SSSR count). The van der Waals surface area contributed by atoms with Crippen LogP contribution in [0.2, 0.25) is 0 Å². The molecule has 0 spiro atoms. The van der Waals surface area contributed by atoms with Gasteiger partial charge in [-0.2, -0.15) is 5.10 Å². The lowest BCUT2D eigenvalue weighted by molar-refractivity contribution is -0.139. The first kappa shape index (κ1) is 18.1. The zero-order valence-electron chi connectivity index (χ0n) is 14.0. The molecule has 0 aromatic carbocycles. The van der Waals surface area contributed by atoms with Crippen molar-refractivity contribution in [2.24, 2.45) is 0 Å². The van der Waals surface area contributed by atoms with Crippen LogP contribution in [0.3, 0.4) is 0 Å². The zero-order valence-corrected chi connectivity index (χ0v) is 14.0. The molecule has 0 aliphatic rings. The SMILES string of the molecule is COC(COCCNC(=O)c1cc(Cn2cc(C)cn2)on1)OC. The van der Waals surface area contributed by atoms with E-state index in [2.05, 4.69) is 15.6 Å². The minimum Gasteiger partial charge on any atom is -0.374 e. The van der Waals surface area contributed by atoms with Crippen LogP contribution in [-0.4, -0.2) is 61.1 Å². The van der Waals surface area contributed by atoms with E-state index in [4.69, 9.17) is 18.7 Å². The predicted molar refractivity (Wildman–Crippen MR) is 83.5 cm³/mol. The quantitative estimate of drug-likeness (QED) is 0.500. The summed E-state index contributed by atoms with van der Waals surface area (Å²) >= 11 is 0. The lowest BCUT2D eigenvalue weighted by Crippen LogP contribution is -2.29. The minimum absolute atomic E-state index is 0.223. The Morgan fingerprint density at radius 3 is 2.88 bits per heavy atom. The summed E-state index contributed by atoms with van der Waals surface area (Å²) in [6, 6.07) is 1.60. The molecule has 0 atom stereocenters. The molecule has 0 unspecified atom stereocenters. The maximum atomic E-state index is 12.0. The second-order valence-electron chi connectivity index (χ2n) is 5.13. The summed E-state index contributed by atoms with van der Waals surface area (Å²) in [5.41, 5.74) is 1.28. The van der Waals surface area contributed by atoms with Crippen LogP contribution in [0.15, 0.2) is 23.0 Å². The third-order valence-corrected chi connectivity index (χ3v) is 3.18. The van der Waals surface area contributed by atoms with Crippen molar-refractivity contribution in [2.45, 2.75) is 19.8 Å². The van der Waals surface area contributed by atoms with E-state index in [0.717, 1.165) is 5.56 Å². The number of rotatable bonds is 10. The number of hydrogen-bond donors (Lipinski definition) is 1. The number of methoxy groups -OCH3 is 2. The first-order valence-corrected chi connectivity index (χ1v) is 7.48. The molecular weight excluding hydrogens is 316 g/mol. The molecule has 1 amide bonds. The number of amides is 1. The molecule has 9 nitrogen and oxygen atoms in total. The van der Waals surface area contributed by atoms with Gasteiger partial charge in [0.2, 0.25) is 0 Å². The highest BCUT2D eigenvalue weighted by Crippen LogP contribution is 2.06. The molecule has 2 heterocycles. The Bertz CT molecular complexity index is 635. The molecule has 0 fully saturated rings. The number of aromatic nitrogens is 3. The monoisotopic (exact) mass is 338 g/mol. The summed E-state index contributed by atoms with van der Waals surface area (Å²) in [4.78, 5) is 12.0. The van der Waals surface area contributed by atoms with Crippen LogP contribution in [-0.2, 0) is 20.8 Å². The largest absolute Gasteiger partial charge is 0.374 e. The standard InChI is InChI=1S/C15H22N4O5/c1-11-7-17-19(8-11)9-12-6-13(18-24-12)15(20)16-4-5-23-10-14(21-2)22-3/h6-8,14H,4-5,9-10H2,1-3H3,(H,16,20). The summed E-state index contributed by atoms with van der Waals surface area (Å²) in [5, 5.41) is 10.6. The van der Waals surface area contributed by atoms with E-state index < -0.39 is 6.29 Å². The number of aryl methyl sites for hydroxylation is 1. The third-order valence-electron chi connectivity index (χ3n) is 3.18. The second-order valence-corrected chi connectivity index (χ2v) is 5.13. The smallest absolute Gasteiger partial charge is 0.273 e. The van der Waals surface area contributed by atoms with Crippen molar-refractivity contribution in [3.8, 4) is 0 Å². The van der Waals surface area contributed by atoms with Crippen molar-refractivity contribution in [2.75, 3.05) is 34.0 Å². The summed E-state index contributed by atoms with van der Waals surface area (Å²) in [6.07, 6.45) is 3.22. The molecule has 2 aromatic rings. The number of hydrogen-bond acceptors (Lipinski definition) is 7. The number of nitrogens with zero attached hydrogens (tertiary/aromatic N) is 3. The van der Waals surface area contributed by atoms with Crippen molar-refractivity contribution in [3.63, 3.8) is 0 Å². The average Bonchev–Trinajstić information content (AvgIpc) is 3.20. The maximum Gasteiger partial charge on any atom is 0.273 e. The van der Waals surface area contributed by atoms with Crippen molar-refractivity contribution in [1.82, 2.24) is 20.3 Å². The van der Waals surface area contributed by atoms with E-state index in [-0.39, 0.29) is 11.6 Å². The summed E-state index contributed by atoms with van der Waals surface area (Å²) in [7, 11) is 3.07. The van der Waals surface area contributed by atoms with Gasteiger partial charge in [0.15, 0.2) is 17.7 Å². The van der Waals surface area contributed by atoms with Crippen molar-refractivity contribution < 1.29 is 23.5 Å². The Morgan fingerprint density at radius 1 is 1.42 bits per heavy atom. The van der Waals surface area contributed by atoms with Crippen molar-refractivity contribution in [1.29, 1.82) is 0 Å². The van der Waals surface area contributed by atoms with Gasteiger partial charge in [0.05, 0.1) is 19.4 Å². The Hall–Kier alpha value is -2.23. The molecule has 0 saturated carbocycles. The fraction of sp³-hybridized carbons (Fsp3) is 0.533. The van der Waals surface area contributed by atoms with Gasteiger partial charge >= 0.3 is 0 Å². The van der Waals surface area contributed by atoms with Gasteiger partial charge in [-0.15, -0.1) is 0 Å². The van der Waals surface area contributed by atoms with Crippen LogP contribution in [0.25, 0.3) is 0 Å². The molecule has 0 saturated heterocycles. The zero-order chi connectivity index (χ0) is 17.4. The number of nitrogens with one attached hydrogen (secondary N) is 1. The van der Waals surface area contributed by atoms with E-state index >= 15 is 0 Å². The van der Waals surface area contributed by atoms with Gasteiger partial charge in [-0.05, 0) is 12.5 Å². The number of carbonyl (C=O) groups is 1. The molecule has 24 heavy (non-hydrogen) atoms. The molecule has 0 aliphatic heterocycles. The van der Waals surface area contributed by atoms with Crippen LogP contribution >= 0.6 is 0 Å². The van der Waals surface area contributed by atoms with Crippen molar-refractivity contribution in [3.05, 3.63) is 35.5 Å². The number of carbonyl (C=O) groups excluding carboxylic acids is 1. The number of ether oxygens (including phenoxy) is 3. The maximum absolute atomic E-state index is 12.0. The van der Waals surface area contributed by atoms with Crippen molar-refractivity contribution >= 4 is 5.91 Å². The van der Waals surface area contributed by atoms with Crippen LogP contribution < -0.4 is 5.32 Å². The summed E-state index contributed by atoms with van der Waals surface area (Å²) in [6.45, 7) is 3.35. The van der Waals surface area contributed by atoms with Crippen LogP contribution in [0.1, 0.15) is 21.8 Å². The lowest BCUT2D eigenvalue weighted by atomic mass is 10.3. The predicted octanol–water partition coefficient (Wildman–Crippen LogP) is 0.593. The lowest BCUT2D eigenvalue weighted by Gasteiger charge is -2.13. The highest BCUT2D eigenvalue weighted by molar-refractivity contribution is 5.92. The molecule has 1 N–H and O–H groups in total. The Kier molecular flexibility index (Phi) is 6.91. The van der Waals surface area contributed by atoms with E-state index in [1.807, 2.05) is 13.1 Å². The normalized spacial score (nSPS) is 11.2.